The molecule has 0 bridgehead atoms. The predicted molar refractivity (Wildman–Crippen MR) is 96.2 cm³/mol. The highest BCUT2D eigenvalue weighted by atomic mass is 32.1. The highest BCUT2D eigenvalue weighted by Crippen LogP contribution is 2.35. The first-order valence-corrected chi connectivity index (χ1v) is 9.07. The van der Waals surface area contributed by atoms with Crippen molar-refractivity contribution in [3.05, 3.63) is 46.3 Å². The Morgan fingerprint density at radius 2 is 2.00 bits per heavy atom. The van der Waals surface area contributed by atoms with E-state index in [9.17, 15) is 4.79 Å². The van der Waals surface area contributed by atoms with E-state index in [1.54, 1.807) is 25.6 Å². The molecular formula is C19H23NO3S. The maximum atomic E-state index is 12.4. The normalized spacial score (nSPS) is 13.8. The molecule has 3 rings (SSSR count). The van der Waals surface area contributed by atoms with E-state index in [1.807, 2.05) is 23.1 Å². The third kappa shape index (κ3) is 3.24. The number of benzene rings is 1. The minimum Gasteiger partial charge on any atom is -0.351 e. The summed E-state index contributed by atoms with van der Waals surface area (Å²) in [7, 11) is 3.28. The van der Waals surface area contributed by atoms with Gasteiger partial charge in [-0.1, -0.05) is 19.4 Å². The molecule has 4 nitrogen and oxygen atoms in total. The van der Waals surface area contributed by atoms with Crippen molar-refractivity contribution in [1.82, 2.24) is 4.90 Å². The number of fused-ring (bicyclic) bond motifs is 1. The first-order chi connectivity index (χ1) is 11.7. The second-order valence-corrected chi connectivity index (χ2v) is 7.07. The van der Waals surface area contributed by atoms with Gasteiger partial charge in [0.1, 0.15) is 0 Å². The lowest BCUT2D eigenvalue weighted by atomic mass is 10.1. The number of amides is 1. The number of thiophene rings is 1. The van der Waals surface area contributed by atoms with Crippen LogP contribution in [0.2, 0.25) is 0 Å². The fourth-order valence-electron chi connectivity index (χ4n) is 3.03. The van der Waals surface area contributed by atoms with E-state index in [1.165, 1.54) is 0 Å². The van der Waals surface area contributed by atoms with Gasteiger partial charge in [0.05, 0.1) is 4.88 Å². The van der Waals surface area contributed by atoms with Crippen molar-refractivity contribution >= 4 is 17.2 Å². The van der Waals surface area contributed by atoms with Gasteiger partial charge < -0.3 is 14.4 Å². The van der Waals surface area contributed by atoms with Gasteiger partial charge in [-0.25, -0.2) is 0 Å². The lowest BCUT2D eigenvalue weighted by Gasteiger charge is -2.14. The van der Waals surface area contributed by atoms with Crippen LogP contribution in [-0.4, -0.2) is 31.6 Å². The van der Waals surface area contributed by atoms with E-state index in [2.05, 4.69) is 19.1 Å². The molecule has 0 saturated heterocycles. The first-order valence-electron chi connectivity index (χ1n) is 8.25. The Kier molecular flexibility index (Phi) is 5.33. The Balaban J connectivity index is 1.82. The summed E-state index contributed by atoms with van der Waals surface area (Å²) in [5.41, 5.74) is 3.11. The summed E-state index contributed by atoms with van der Waals surface area (Å²) in [6, 6.07) is 10.2. The summed E-state index contributed by atoms with van der Waals surface area (Å²) in [6.45, 7) is 3.71. The third-order valence-corrected chi connectivity index (χ3v) is 5.49. The average Bonchev–Trinajstić information content (AvgIpc) is 3.19. The molecule has 1 aliphatic rings. The van der Waals surface area contributed by atoms with Crippen LogP contribution in [0.15, 0.2) is 30.3 Å². The number of hydrogen-bond acceptors (Lipinski definition) is 4. The summed E-state index contributed by atoms with van der Waals surface area (Å²) in [6.07, 6.45) is 1.82. The molecule has 0 atom stereocenters. The van der Waals surface area contributed by atoms with Crippen molar-refractivity contribution in [2.75, 3.05) is 20.8 Å². The van der Waals surface area contributed by atoms with Crippen molar-refractivity contribution < 1.29 is 14.3 Å². The second-order valence-electron chi connectivity index (χ2n) is 5.96. The number of methoxy groups -OCH3 is 2. The number of ether oxygens (including phenoxy) is 2. The molecule has 1 aliphatic heterocycles. The van der Waals surface area contributed by atoms with Crippen LogP contribution in [0.25, 0.3) is 10.4 Å². The minimum atomic E-state index is -0.329. The summed E-state index contributed by atoms with van der Waals surface area (Å²) in [5, 5.41) is 0. The quantitative estimate of drug-likeness (QED) is 0.695. The Morgan fingerprint density at radius 3 is 2.71 bits per heavy atom. The molecule has 24 heavy (non-hydrogen) atoms. The molecule has 0 radical (unpaired) electrons. The Labute approximate surface area is 147 Å². The predicted octanol–water partition coefficient (Wildman–Crippen LogP) is 4.46. The summed E-state index contributed by atoms with van der Waals surface area (Å²) >= 11 is 1.66. The maximum Gasteiger partial charge on any atom is 0.254 e. The van der Waals surface area contributed by atoms with Gasteiger partial charge in [-0.2, -0.15) is 0 Å². The Morgan fingerprint density at radius 1 is 1.21 bits per heavy atom. The van der Waals surface area contributed by atoms with Crippen molar-refractivity contribution in [3.63, 3.8) is 0 Å². The highest BCUT2D eigenvalue weighted by molar-refractivity contribution is 7.15. The molecule has 0 saturated carbocycles. The maximum absolute atomic E-state index is 12.4. The van der Waals surface area contributed by atoms with Crippen LogP contribution in [0, 0.1) is 0 Å². The van der Waals surface area contributed by atoms with Gasteiger partial charge >= 0.3 is 0 Å². The number of carbonyl (C=O) groups is 1. The topological polar surface area (TPSA) is 38.8 Å². The summed E-state index contributed by atoms with van der Waals surface area (Å²) < 4.78 is 10.6. The molecule has 0 spiro atoms. The molecule has 5 heteroatoms. The van der Waals surface area contributed by atoms with Crippen molar-refractivity contribution in [2.45, 2.75) is 32.6 Å². The highest BCUT2D eigenvalue weighted by Gasteiger charge is 2.27. The molecule has 0 N–H and O–H groups in total. The third-order valence-electron chi connectivity index (χ3n) is 4.34. The van der Waals surface area contributed by atoms with Gasteiger partial charge in [-0.3, -0.25) is 4.79 Å². The number of unbranched alkanes of at least 4 members (excludes halogenated alkanes) is 1. The van der Waals surface area contributed by atoms with Crippen LogP contribution >= 0.6 is 11.3 Å². The van der Waals surface area contributed by atoms with E-state index < -0.39 is 0 Å². The van der Waals surface area contributed by atoms with Crippen LogP contribution in [0.5, 0.6) is 0 Å². The molecule has 2 aromatic rings. The second kappa shape index (κ2) is 7.47. The first kappa shape index (κ1) is 17.1. The fraction of sp³-hybridized carbons (Fsp3) is 0.421. The fourth-order valence-corrected chi connectivity index (χ4v) is 4.09. The smallest absolute Gasteiger partial charge is 0.254 e. The van der Waals surface area contributed by atoms with Crippen LogP contribution < -0.4 is 0 Å². The lowest BCUT2D eigenvalue weighted by molar-refractivity contribution is -0.103. The van der Waals surface area contributed by atoms with Gasteiger partial charge in [0.15, 0.2) is 6.29 Å². The van der Waals surface area contributed by atoms with Crippen molar-refractivity contribution in [3.8, 4) is 10.4 Å². The SMILES string of the molecule is CCCCN1Cc2cc(-c3ccc(C(OC)OC)s3)ccc2C1=O. The van der Waals surface area contributed by atoms with Gasteiger partial charge in [0, 0.05) is 37.7 Å². The molecule has 2 heterocycles. The van der Waals surface area contributed by atoms with Gasteiger partial charge in [-0.05, 0) is 41.8 Å². The van der Waals surface area contributed by atoms with Crippen LogP contribution in [0.4, 0.5) is 0 Å². The van der Waals surface area contributed by atoms with Crippen LogP contribution in [-0.2, 0) is 16.0 Å². The lowest BCUT2D eigenvalue weighted by Crippen LogP contribution is -2.24. The number of nitrogens with zero attached hydrogens (tertiary/aromatic N) is 1. The largest absolute Gasteiger partial charge is 0.351 e. The van der Waals surface area contributed by atoms with Gasteiger partial charge in [0.25, 0.3) is 5.91 Å². The molecule has 0 aliphatic carbocycles. The molecule has 128 valence electrons. The van der Waals surface area contributed by atoms with E-state index >= 15 is 0 Å². The van der Waals surface area contributed by atoms with Crippen molar-refractivity contribution in [2.24, 2.45) is 0 Å². The molecular weight excluding hydrogens is 322 g/mol. The molecule has 1 amide bonds. The molecule has 0 unspecified atom stereocenters. The van der Waals surface area contributed by atoms with E-state index in [0.717, 1.165) is 52.4 Å². The Hall–Kier alpha value is -1.69. The van der Waals surface area contributed by atoms with Gasteiger partial charge in [-0.15, -0.1) is 11.3 Å². The van der Waals surface area contributed by atoms with E-state index in [-0.39, 0.29) is 12.2 Å². The van der Waals surface area contributed by atoms with E-state index in [4.69, 9.17) is 9.47 Å². The zero-order valence-corrected chi connectivity index (χ0v) is 15.2. The summed E-state index contributed by atoms with van der Waals surface area (Å²) in [4.78, 5) is 16.6. The van der Waals surface area contributed by atoms with Crippen molar-refractivity contribution in [1.29, 1.82) is 0 Å². The Bertz CT molecular complexity index is 721. The average molecular weight is 345 g/mol. The minimum absolute atomic E-state index is 0.163. The number of rotatable bonds is 7. The monoisotopic (exact) mass is 345 g/mol. The van der Waals surface area contributed by atoms with Crippen LogP contribution in [0.3, 0.4) is 0 Å². The standard InChI is InChI=1S/C19H23NO3S/c1-4-5-10-20-12-14-11-13(6-7-15(14)18(20)21)16-8-9-17(24-16)19(22-2)23-3/h6-9,11,19H,4-5,10,12H2,1-3H3. The summed E-state index contributed by atoms with van der Waals surface area (Å²) in [5.74, 6) is 0.163. The zero-order chi connectivity index (χ0) is 17.1. The van der Waals surface area contributed by atoms with Gasteiger partial charge in [0.2, 0.25) is 0 Å². The number of hydrogen-bond donors (Lipinski definition) is 0. The van der Waals surface area contributed by atoms with E-state index in [0.29, 0.717) is 0 Å². The molecule has 1 aromatic carbocycles. The number of carbonyl (C=O) groups excluding carboxylic acids is 1. The molecule has 1 aromatic heterocycles. The van der Waals surface area contributed by atoms with Crippen LogP contribution in [0.1, 0.15) is 46.9 Å². The molecule has 0 fully saturated rings. The zero-order valence-electron chi connectivity index (χ0n) is 14.4.